The van der Waals surface area contributed by atoms with E-state index in [0.29, 0.717) is 0 Å². The van der Waals surface area contributed by atoms with Crippen LogP contribution in [0.25, 0.3) is 87.3 Å². The van der Waals surface area contributed by atoms with Gasteiger partial charge in [-0.25, -0.2) is 0 Å². The Morgan fingerprint density at radius 3 is 1.52 bits per heavy atom. The summed E-state index contributed by atoms with van der Waals surface area (Å²) < 4.78 is 4.94. The highest BCUT2D eigenvalue weighted by Gasteiger charge is 2.21. The molecule has 10 aromatic rings. The van der Waals surface area contributed by atoms with Crippen LogP contribution < -0.4 is 0 Å². The first-order valence-corrected chi connectivity index (χ1v) is 15.2. The van der Waals surface area contributed by atoms with E-state index in [9.17, 15) is 0 Å². The standard InChI is InChI=1S/C42H26N2/c1-2-15-30-27(12-1)24-25-37-40-35-20-5-3-16-31(35)32-17-4-6-21-36(32)42(40)44(41(30)37)29-14-11-13-28(26-29)43-38-22-9-7-18-33(38)34-19-8-10-23-39(34)43/h1-26H. The monoisotopic (exact) mass is 558 g/mol. The van der Waals surface area contributed by atoms with Crippen LogP contribution in [0.2, 0.25) is 0 Å². The molecule has 0 unspecified atom stereocenters. The zero-order valence-electron chi connectivity index (χ0n) is 23.9. The number of hydrogen-bond donors (Lipinski definition) is 0. The van der Waals surface area contributed by atoms with Crippen LogP contribution in [-0.4, -0.2) is 9.13 Å². The molecule has 2 heterocycles. The summed E-state index contributed by atoms with van der Waals surface area (Å²) in [5.41, 5.74) is 7.25. The lowest BCUT2D eigenvalue weighted by molar-refractivity contribution is 1.14. The Labute approximate surface area is 253 Å². The van der Waals surface area contributed by atoms with E-state index in [1.807, 2.05) is 0 Å². The summed E-state index contributed by atoms with van der Waals surface area (Å²) in [7, 11) is 0. The molecule has 0 aliphatic carbocycles. The normalized spacial score (nSPS) is 12.1. The van der Waals surface area contributed by atoms with Crippen molar-refractivity contribution in [2.75, 3.05) is 0 Å². The van der Waals surface area contributed by atoms with Crippen molar-refractivity contribution in [1.82, 2.24) is 9.13 Å². The molecule has 0 bridgehead atoms. The highest BCUT2D eigenvalue weighted by molar-refractivity contribution is 6.34. The molecule has 0 aliphatic heterocycles. The highest BCUT2D eigenvalue weighted by Crippen LogP contribution is 2.44. The SMILES string of the molecule is c1cc(-n2c3ccccc3c3ccccc32)cc(-n2c3c4ccccc4ccc3c3c4ccccc4c4ccccc4c32)c1. The third-order valence-corrected chi connectivity index (χ3v) is 9.45. The molecule has 0 N–H and O–H groups in total. The molecule has 10 rings (SSSR count). The topological polar surface area (TPSA) is 9.86 Å². The number of fused-ring (bicyclic) bond motifs is 13. The Balaban J connectivity index is 1.41. The molecule has 0 amide bonds. The molecular formula is C42H26N2. The van der Waals surface area contributed by atoms with E-state index in [-0.39, 0.29) is 0 Å². The zero-order chi connectivity index (χ0) is 28.8. The van der Waals surface area contributed by atoms with Gasteiger partial charge in [-0.05, 0) is 51.9 Å². The van der Waals surface area contributed by atoms with Gasteiger partial charge in [0.05, 0.1) is 22.1 Å². The van der Waals surface area contributed by atoms with Crippen LogP contribution in [0.5, 0.6) is 0 Å². The van der Waals surface area contributed by atoms with Crippen molar-refractivity contribution in [1.29, 1.82) is 0 Å². The quantitative estimate of drug-likeness (QED) is 0.187. The molecule has 0 saturated carbocycles. The average Bonchev–Trinajstić information content (AvgIpc) is 3.63. The van der Waals surface area contributed by atoms with Gasteiger partial charge >= 0.3 is 0 Å². The van der Waals surface area contributed by atoms with Crippen LogP contribution in [0.4, 0.5) is 0 Å². The summed E-state index contributed by atoms with van der Waals surface area (Å²) in [6, 6.07) is 57.7. The van der Waals surface area contributed by atoms with E-state index >= 15 is 0 Å². The van der Waals surface area contributed by atoms with Crippen molar-refractivity contribution in [2.45, 2.75) is 0 Å². The van der Waals surface area contributed by atoms with Crippen LogP contribution in [0.15, 0.2) is 158 Å². The Morgan fingerprint density at radius 2 is 0.818 bits per heavy atom. The smallest absolute Gasteiger partial charge is 0.0626 e. The molecule has 204 valence electrons. The number of para-hydroxylation sites is 2. The van der Waals surface area contributed by atoms with Crippen molar-refractivity contribution < 1.29 is 0 Å². The van der Waals surface area contributed by atoms with Crippen molar-refractivity contribution in [3.05, 3.63) is 158 Å². The lowest BCUT2D eigenvalue weighted by atomic mass is 9.96. The van der Waals surface area contributed by atoms with Gasteiger partial charge in [0.25, 0.3) is 0 Å². The molecule has 8 aromatic carbocycles. The number of aromatic nitrogens is 2. The van der Waals surface area contributed by atoms with Crippen LogP contribution in [0, 0.1) is 0 Å². The minimum Gasteiger partial charge on any atom is -0.309 e. The molecule has 0 spiro atoms. The van der Waals surface area contributed by atoms with Gasteiger partial charge in [0.2, 0.25) is 0 Å². The van der Waals surface area contributed by atoms with E-state index < -0.39 is 0 Å². The maximum absolute atomic E-state index is 2.53. The largest absolute Gasteiger partial charge is 0.309 e. The minimum atomic E-state index is 1.15. The Bertz CT molecular complexity index is 2720. The number of nitrogens with zero attached hydrogens (tertiary/aromatic N) is 2. The lowest BCUT2D eigenvalue weighted by Crippen LogP contribution is -1.99. The molecule has 2 aromatic heterocycles. The summed E-state index contributed by atoms with van der Waals surface area (Å²) >= 11 is 0. The predicted octanol–water partition coefficient (Wildman–Crippen LogP) is 11.3. The van der Waals surface area contributed by atoms with Gasteiger partial charge in [-0.3, -0.25) is 0 Å². The van der Waals surface area contributed by atoms with E-state index in [2.05, 4.69) is 167 Å². The van der Waals surface area contributed by atoms with Crippen molar-refractivity contribution in [2.24, 2.45) is 0 Å². The average molecular weight is 559 g/mol. The summed E-state index contributed by atoms with van der Waals surface area (Å²) in [5, 5.41) is 12.8. The summed E-state index contributed by atoms with van der Waals surface area (Å²) in [6.07, 6.45) is 0. The lowest BCUT2D eigenvalue weighted by Gasteiger charge is -2.15. The fourth-order valence-electron chi connectivity index (χ4n) is 7.67. The van der Waals surface area contributed by atoms with Gasteiger partial charge in [-0.1, -0.05) is 127 Å². The van der Waals surface area contributed by atoms with Crippen LogP contribution in [0.3, 0.4) is 0 Å². The molecule has 0 aliphatic rings. The second-order valence-electron chi connectivity index (χ2n) is 11.7. The number of rotatable bonds is 2. The molecular weight excluding hydrogens is 532 g/mol. The second kappa shape index (κ2) is 8.82. The molecule has 0 atom stereocenters. The van der Waals surface area contributed by atoms with Crippen LogP contribution in [0.1, 0.15) is 0 Å². The van der Waals surface area contributed by atoms with Gasteiger partial charge < -0.3 is 9.13 Å². The first-order valence-electron chi connectivity index (χ1n) is 15.2. The highest BCUT2D eigenvalue weighted by atomic mass is 15.0. The van der Waals surface area contributed by atoms with Gasteiger partial charge in [-0.2, -0.15) is 0 Å². The summed E-state index contributed by atoms with van der Waals surface area (Å²) in [6.45, 7) is 0. The fourth-order valence-corrected chi connectivity index (χ4v) is 7.67. The van der Waals surface area contributed by atoms with Crippen molar-refractivity contribution >= 4 is 75.9 Å². The van der Waals surface area contributed by atoms with Gasteiger partial charge in [0.1, 0.15) is 0 Å². The molecule has 2 nitrogen and oxygen atoms in total. The molecule has 44 heavy (non-hydrogen) atoms. The molecule has 2 heteroatoms. The maximum Gasteiger partial charge on any atom is 0.0626 e. The van der Waals surface area contributed by atoms with E-state index in [1.165, 1.54) is 75.9 Å². The molecule has 0 fully saturated rings. The van der Waals surface area contributed by atoms with E-state index in [1.54, 1.807) is 0 Å². The zero-order valence-corrected chi connectivity index (χ0v) is 23.9. The van der Waals surface area contributed by atoms with Crippen LogP contribution in [-0.2, 0) is 0 Å². The fraction of sp³-hybridized carbons (Fsp3) is 0. The number of hydrogen-bond acceptors (Lipinski definition) is 0. The van der Waals surface area contributed by atoms with Crippen molar-refractivity contribution in [3.8, 4) is 11.4 Å². The van der Waals surface area contributed by atoms with Crippen molar-refractivity contribution in [3.63, 3.8) is 0 Å². The maximum atomic E-state index is 2.53. The van der Waals surface area contributed by atoms with Gasteiger partial charge in [0, 0.05) is 43.7 Å². The Morgan fingerprint density at radius 1 is 0.295 bits per heavy atom. The summed E-state index contributed by atoms with van der Waals surface area (Å²) in [5.74, 6) is 0. The van der Waals surface area contributed by atoms with E-state index in [0.717, 1.165) is 11.4 Å². The first kappa shape index (κ1) is 23.7. The third kappa shape index (κ3) is 3.09. The molecule has 0 radical (unpaired) electrons. The van der Waals surface area contributed by atoms with Crippen LogP contribution >= 0.6 is 0 Å². The van der Waals surface area contributed by atoms with Gasteiger partial charge in [0.15, 0.2) is 0 Å². The Kier molecular flexibility index (Phi) is 4.75. The minimum absolute atomic E-state index is 1.15. The third-order valence-electron chi connectivity index (χ3n) is 9.45. The summed E-state index contributed by atoms with van der Waals surface area (Å²) in [4.78, 5) is 0. The first-order chi connectivity index (χ1) is 21.9. The molecule has 0 saturated heterocycles. The number of benzene rings is 8. The van der Waals surface area contributed by atoms with Gasteiger partial charge in [-0.15, -0.1) is 0 Å². The second-order valence-corrected chi connectivity index (χ2v) is 11.7. The van der Waals surface area contributed by atoms with E-state index in [4.69, 9.17) is 0 Å². The predicted molar refractivity (Wildman–Crippen MR) is 188 cm³/mol. The Hall–Kier alpha value is -5.86.